The molecule has 0 atom stereocenters. The Kier molecular flexibility index (Phi) is 8.55. The van der Waals surface area contributed by atoms with Crippen LogP contribution < -0.4 is 0 Å². The second-order valence-electron chi connectivity index (χ2n) is 12.1. The quantitative estimate of drug-likeness (QED) is 0.115. The van der Waals surface area contributed by atoms with Crippen LogP contribution >= 0.6 is 22.7 Å². The molecule has 2 heterocycles. The third kappa shape index (κ3) is 5.40. The second-order valence-corrected chi connectivity index (χ2v) is 14.2. The number of esters is 2. The molecule has 0 aliphatic rings. The first-order valence-corrected chi connectivity index (χ1v) is 18.0. The van der Waals surface area contributed by atoms with Crippen molar-refractivity contribution in [3.05, 3.63) is 165 Å². The van der Waals surface area contributed by atoms with Crippen molar-refractivity contribution in [3.63, 3.8) is 0 Å². The Hall–Kier alpha value is -6.22. The van der Waals surface area contributed by atoms with Crippen molar-refractivity contribution in [3.8, 4) is 22.3 Å². The van der Waals surface area contributed by atoms with Gasteiger partial charge in [0.05, 0.1) is 44.5 Å². The SMILES string of the molecule is COC(=O)c1c(C(=O)OC)c(-c2ccccc2)c2c3cc(C(=O)c4ccccc4)sc3c3sc(C(=O)c4ccccc4)cc3c2c1-c1ccccc1. The van der Waals surface area contributed by atoms with Crippen LogP contribution in [0.25, 0.3) is 53.2 Å². The number of rotatable bonds is 8. The Balaban J connectivity index is 1.65. The molecule has 2 aromatic heterocycles. The van der Waals surface area contributed by atoms with Gasteiger partial charge in [0, 0.05) is 43.8 Å². The van der Waals surface area contributed by atoms with E-state index in [-0.39, 0.29) is 22.7 Å². The van der Waals surface area contributed by atoms with E-state index in [1.54, 1.807) is 24.3 Å². The normalized spacial score (nSPS) is 11.2. The van der Waals surface area contributed by atoms with Gasteiger partial charge >= 0.3 is 11.9 Å². The number of carbonyl (C=O) groups excluding carboxylic acids is 4. The summed E-state index contributed by atoms with van der Waals surface area (Å²) in [5, 5.41) is 2.73. The Labute approximate surface area is 306 Å². The van der Waals surface area contributed by atoms with Gasteiger partial charge in [-0.15, -0.1) is 22.7 Å². The molecule has 6 aromatic carbocycles. The lowest BCUT2D eigenvalue weighted by Crippen LogP contribution is -2.16. The van der Waals surface area contributed by atoms with Gasteiger partial charge in [-0.05, 0) is 23.3 Å². The first-order chi connectivity index (χ1) is 25.4. The minimum absolute atomic E-state index is 0.0468. The zero-order valence-electron chi connectivity index (χ0n) is 28.0. The molecule has 8 rings (SSSR count). The number of fused-ring (bicyclic) bond motifs is 6. The molecule has 52 heavy (non-hydrogen) atoms. The van der Waals surface area contributed by atoms with Crippen LogP contribution in [0, 0.1) is 0 Å². The Morgan fingerprint density at radius 3 is 1.12 bits per heavy atom. The van der Waals surface area contributed by atoms with Gasteiger partial charge in [0.1, 0.15) is 0 Å². The van der Waals surface area contributed by atoms with Gasteiger partial charge < -0.3 is 9.47 Å². The highest BCUT2D eigenvalue weighted by atomic mass is 32.1. The van der Waals surface area contributed by atoms with E-state index in [4.69, 9.17) is 9.47 Å². The molecule has 0 fully saturated rings. The maximum Gasteiger partial charge on any atom is 0.339 e. The third-order valence-corrected chi connectivity index (χ3v) is 11.6. The van der Waals surface area contributed by atoms with Crippen LogP contribution in [0.4, 0.5) is 0 Å². The lowest BCUT2D eigenvalue weighted by Gasteiger charge is -2.22. The number of methoxy groups -OCH3 is 2. The van der Waals surface area contributed by atoms with Gasteiger partial charge in [0.2, 0.25) is 11.6 Å². The molecule has 0 saturated carbocycles. The van der Waals surface area contributed by atoms with Crippen LogP contribution in [0.1, 0.15) is 51.2 Å². The van der Waals surface area contributed by atoms with Gasteiger partial charge in [-0.25, -0.2) is 9.59 Å². The van der Waals surface area contributed by atoms with Gasteiger partial charge in [-0.2, -0.15) is 0 Å². The van der Waals surface area contributed by atoms with Crippen molar-refractivity contribution in [2.24, 2.45) is 0 Å². The Morgan fingerprint density at radius 2 is 0.788 bits per heavy atom. The summed E-state index contributed by atoms with van der Waals surface area (Å²) in [5.74, 6) is -1.73. The van der Waals surface area contributed by atoms with Crippen molar-refractivity contribution >= 4 is 77.1 Å². The molecule has 0 spiro atoms. The summed E-state index contributed by atoms with van der Waals surface area (Å²) < 4.78 is 12.4. The van der Waals surface area contributed by atoms with Crippen molar-refractivity contribution in [2.75, 3.05) is 14.2 Å². The lowest BCUT2D eigenvalue weighted by atomic mass is 9.81. The summed E-state index contributed by atoms with van der Waals surface area (Å²) in [6.07, 6.45) is 0. The maximum atomic E-state index is 14.1. The summed E-state index contributed by atoms with van der Waals surface area (Å²) in [6, 6.07) is 40.6. The molecular weight excluding hydrogens is 689 g/mol. The number of hydrogen-bond donors (Lipinski definition) is 0. The van der Waals surface area contributed by atoms with Crippen LogP contribution in [-0.4, -0.2) is 37.7 Å². The summed E-state index contributed by atoms with van der Waals surface area (Å²) in [7, 11) is 2.57. The van der Waals surface area contributed by atoms with E-state index in [1.807, 2.05) is 109 Å². The number of benzene rings is 6. The fraction of sp³-hybridized carbons (Fsp3) is 0.0455. The molecule has 252 valence electrons. The number of thiophene rings is 2. The molecule has 0 aliphatic carbocycles. The molecule has 0 amide bonds. The topological polar surface area (TPSA) is 86.7 Å². The van der Waals surface area contributed by atoms with Crippen LogP contribution in [0.5, 0.6) is 0 Å². The number of hydrogen-bond acceptors (Lipinski definition) is 8. The molecule has 0 N–H and O–H groups in total. The van der Waals surface area contributed by atoms with Crippen molar-refractivity contribution in [1.82, 2.24) is 0 Å². The smallest absolute Gasteiger partial charge is 0.339 e. The Bertz CT molecular complexity index is 2510. The van der Waals surface area contributed by atoms with Crippen molar-refractivity contribution in [1.29, 1.82) is 0 Å². The monoisotopic (exact) mass is 716 g/mol. The van der Waals surface area contributed by atoms with Crippen molar-refractivity contribution < 1.29 is 28.7 Å². The van der Waals surface area contributed by atoms with Crippen LogP contribution in [0.15, 0.2) is 133 Å². The van der Waals surface area contributed by atoms with Gasteiger partial charge in [0.25, 0.3) is 0 Å². The van der Waals surface area contributed by atoms with Crippen molar-refractivity contribution in [2.45, 2.75) is 0 Å². The third-order valence-electron chi connectivity index (χ3n) is 9.13. The van der Waals surface area contributed by atoms with E-state index in [0.717, 1.165) is 9.40 Å². The predicted octanol–water partition coefficient (Wildman–Crippen LogP) is 10.6. The fourth-order valence-electron chi connectivity index (χ4n) is 6.87. The van der Waals surface area contributed by atoms with Gasteiger partial charge in [-0.1, -0.05) is 121 Å². The molecular formula is C44H28O6S2. The minimum atomic E-state index is -0.715. The zero-order valence-corrected chi connectivity index (χ0v) is 29.6. The summed E-state index contributed by atoms with van der Waals surface area (Å²) >= 11 is 2.70. The second kappa shape index (κ2) is 13.5. The molecule has 0 saturated heterocycles. The molecule has 8 heteroatoms. The molecule has 0 radical (unpaired) electrons. The maximum absolute atomic E-state index is 14.1. The lowest BCUT2D eigenvalue weighted by molar-refractivity contribution is 0.0557. The van der Waals surface area contributed by atoms with Crippen LogP contribution in [0.2, 0.25) is 0 Å². The van der Waals surface area contributed by atoms with Gasteiger partial charge in [0.15, 0.2) is 0 Å². The minimum Gasteiger partial charge on any atom is -0.465 e. The summed E-state index contributed by atoms with van der Waals surface area (Å²) in [5.41, 5.74) is 3.43. The number of ketones is 2. The van der Waals surface area contributed by atoms with E-state index >= 15 is 0 Å². The number of ether oxygens (including phenoxy) is 2. The summed E-state index contributed by atoms with van der Waals surface area (Å²) in [4.78, 5) is 57.3. The fourth-order valence-corrected chi connectivity index (χ4v) is 9.28. The van der Waals surface area contributed by atoms with E-state index in [9.17, 15) is 19.2 Å². The average molecular weight is 717 g/mol. The zero-order chi connectivity index (χ0) is 35.9. The van der Waals surface area contributed by atoms with Gasteiger partial charge in [-0.3, -0.25) is 9.59 Å². The highest BCUT2D eigenvalue weighted by Crippen LogP contribution is 2.52. The van der Waals surface area contributed by atoms with E-state index in [1.165, 1.54) is 36.9 Å². The van der Waals surface area contributed by atoms with E-state index < -0.39 is 11.9 Å². The highest BCUT2D eigenvalue weighted by Gasteiger charge is 2.34. The van der Waals surface area contributed by atoms with Crippen LogP contribution in [-0.2, 0) is 9.47 Å². The molecule has 0 bridgehead atoms. The first kappa shape index (κ1) is 33.0. The van der Waals surface area contributed by atoms with E-state index in [0.29, 0.717) is 64.7 Å². The molecule has 0 aliphatic heterocycles. The standard InChI is InChI=1S/C44H28O6S2/c1-49-43(47)37-33(25-15-7-3-8-16-25)35-29-23-31(39(45)27-19-11-5-12-20-27)51-41(29)42-30(24-32(52-42)40(46)28-21-13-6-14-22-28)36(35)34(38(37)44(48)50-2)26-17-9-4-10-18-26/h3-24H,1-2H3. The molecule has 6 nitrogen and oxygen atoms in total. The molecule has 0 unspecified atom stereocenters. The summed E-state index contributed by atoms with van der Waals surface area (Å²) in [6.45, 7) is 0. The van der Waals surface area contributed by atoms with E-state index in [2.05, 4.69) is 0 Å². The molecule has 8 aromatic rings. The Morgan fingerprint density at radius 1 is 0.462 bits per heavy atom. The average Bonchev–Trinajstić information content (AvgIpc) is 3.86. The first-order valence-electron chi connectivity index (χ1n) is 16.4. The largest absolute Gasteiger partial charge is 0.465 e. The predicted molar refractivity (Wildman–Crippen MR) is 208 cm³/mol. The number of carbonyl (C=O) groups is 4. The van der Waals surface area contributed by atoms with Crippen LogP contribution in [0.3, 0.4) is 0 Å². The highest BCUT2D eigenvalue weighted by molar-refractivity contribution is 7.29.